The number of hydrogen-bond donors (Lipinski definition) is 2. The molecule has 2 aromatic rings. The molecular formula is C13H9NO5. The topological polar surface area (TPSA) is 101 Å². The van der Waals surface area contributed by atoms with Crippen LogP contribution in [0, 0.1) is 10.1 Å². The molecule has 0 saturated heterocycles. The number of aromatic hydroxyl groups is 2. The van der Waals surface area contributed by atoms with Gasteiger partial charge < -0.3 is 10.2 Å². The van der Waals surface area contributed by atoms with Crippen LogP contribution in [0.1, 0.15) is 15.9 Å². The minimum atomic E-state index is -0.938. The molecule has 6 nitrogen and oxygen atoms in total. The molecule has 0 aromatic heterocycles. The molecule has 6 heteroatoms. The summed E-state index contributed by atoms with van der Waals surface area (Å²) in [5.74, 6) is -2.08. The van der Waals surface area contributed by atoms with Crippen molar-refractivity contribution < 1.29 is 19.9 Å². The van der Waals surface area contributed by atoms with E-state index in [4.69, 9.17) is 0 Å². The molecular weight excluding hydrogens is 250 g/mol. The fourth-order valence-corrected chi connectivity index (χ4v) is 1.68. The van der Waals surface area contributed by atoms with Crippen molar-refractivity contribution in [3.8, 4) is 11.5 Å². The van der Waals surface area contributed by atoms with Crippen molar-refractivity contribution in [3.05, 3.63) is 63.7 Å². The van der Waals surface area contributed by atoms with Crippen LogP contribution in [-0.4, -0.2) is 20.9 Å². The molecule has 0 fully saturated rings. The van der Waals surface area contributed by atoms with Gasteiger partial charge in [-0.25, -0.2) is 0 Å². The van der Waals surface area contributed by atoms with Crippen molar-refractivity contribution in [3.63, 3.8) is 0 Å². The number of phenolic OH excluding ortho intramolecular Hbond substituents is 2. The Hall–Kier alpha value is -2.89. The number of nitro groups is 1. The first-order valence-electron chi connectivity index (χ1n) is 5.31. The SMILES string of the molecule is O=C(c1ccccc1)c1ccc(O)c([N+](=O)[O-])c1O. The van der Waals surface area contributed by atoms with Crippen molar-refractivity contribution in [1.82, 2.24) is 0 Å². The maximum Gasteiger partial charge on any atom is 0.352 e. The number of hydrogen-bond acceptors (Lipinski definition) is 5. The van der Waals surface area contributed by atoms with Gasteiger partial charge in [0.1, 0.15) is 0 Å². The predicted octanol–water partition coefficient (Wildman–Crippen LogP) is 2.24. The summed E-state index contributed by atoms with van der Waals surface area (Å²) in [5, 5.41) is 29.8. The van der Waals surface area contributed by atoms with E-state index >= 15 is 0 Å². The number of nitro benzene ring substituents is 1. The van der Waals surface area contributed by atoms with Crippen LogP contribution in [-0.2, 0) is 0 Å². The largest absolute Gasteiger partial charge is 0.502 e. The summed E-state index contributed by atoms with van der Waals surface area (Å²) in [4.78, 5) is 21.9. The fraction of sp³-hybridized carbons (Fsp3) is 0. The van der Waals surface area contributed by atoms with Gasteiger partial charge in [0.05, 0.1) is 10.5 Å². The first-order chi connectivity index (χ1) is 9.02. The molecule has 0 heterocycles. The summed E-state index contributed by atoms with van der Waals surface area (Å²) in [5.41, 5.74) is -0.810. The van der Waals surface area contributed by atoms with Gasteiger partial charge in [0.2, 0.25) is 5.75 Å². The van der Waals surface area contributed by atoms with E-state index in [0.717, 1.165) is 12.1 Å². The third-order valence-electron chi connectivity index (χ3n) is 2.59. The predicted molar refractivity (Wildman–Crippen MR) is 66.3 cm³/mol. The molecule has 0 amide bonds. The molecule has 0 saturated carbocycles. The number of carbonyl (C=O) groups is 1. The quantitative estimate of drug-likeness (QED) is 0.500. The highest BCUT2D eigenvalue weighted by atomic mass is 16.6. The molecule has 0 aliphatic carbocycles. The van der Waals surface area contributed by atoms with E-state index in [1.54, 1.807) is 18.2 Å². The van der Waals surface area contributed by atoms with Gasteiger partial charge in [-0.05, 0) is 12.1 Å². The molecule has 2 rings (SSSR count). The first-order valence-corrected chi connectivity index (χ1v) is 5.31. The maximum absolute atomic E-state index is 12.1. The van der Waals surface area contributed by atoms with Crippen LogP contribution in [0.2, 0.25) is 0 Å². The molecule has 0 aliphatic rings. The van der Waals surface area contributed by atoms with Gasteiger partial charge in [0.25, 0.3) is 0 Å². The molecule has 19 heavy (non-hydrogen) atoms. The van der Waals surface area contributed by atoms with E-state index in [1.165, 1.54) is 12.1 Å². The Labute approximate surface area is 107 Å². The number of nitrogens with zero attached hydrogens (tertiary/aromatic N) is 1. The van der Waals surface area contributed by atoms with Crippen molar-refractivity contribution in [2.24, 2.45) is 0 Å². The third kappa shape index (κ3) is 2.23. The molecule has 0 bridgehead atoms. The van der Waals surface area contributed by atoms with Crippen LogP contribution < -0.4 is 0 Å². The average Bonchev–Trinajstić information content (AvgIpc) is 2.39. The molecule has 2 N–H and O–H groups in total. The number of phenols is 2. The Morgan fingerprint density at radius 1 is 1.05 bits per heavy atom. The maximum atomic E-state index is 12.1. The molecule has 0 spiro atoms. The van der Waals surface area contributed by atoms with Crippen molar-refractivity contribution in [2.45, 2.75) is 0 Å². The van der Waals surface area contributed by atoms with Gasteiger partial charge in [0, 0.05) is 5.56 Å². The van der Waals surface area contributed by atoms with E-state index in [9.17, 15) is 25.1 Å². The zero-order valence-corrected chi connectivity index (χ0v) is 9.61. The Morgan fingerprint density at radius 2 is 1.68 bits per heavy atom. The Kier molecular flexibility index (Phi) is 3.15. The van der Waals surface area contributed by atoms with Crippen LogP contribution >= 0.6 is 0 Å². The summed E-state index contributed by atoms with van der Waals surface area (Å²) in [7, 11) is 0. The number of benzene rings is 2. The smallest absolute Gasteiger partial charge is 0.352 e. The van der Waals surface area contributed by atoms with Gasteiger partial charge in [0.15, 0.2) is 11.5 Å². The lowest BCUT2D eigenvalue weighted by atomic mass is 10.0. The van der Waals surface area contributed by atoms with Gasteiger partial charge in [-0.1, -0.05) is 30.3 Å². The first kappa shape index (κ1) is 12.6. The van der Waals surface area contributed by atoms with E-state index < -0.39 is 27.9 Å². The van der Waals surface area contributed by atoms with E-state index in [2.05, 4.69) is 0 Å². The van der Waals surface area contributed by atoms with Crippen molar-refractivity contribution in [2.75, 3.05) is 0 Å². The lowest BCUT2D eigenvalue weighted by molar-refractivity contribution is -0.386. The number of ketones is 1. The monoisotopic (exact) mass is 259 g/mol. The van der Waals surface area contributed by atoms with Gasteiger partial charge >= 0.3 is 5.69 Å². The van der Waals surface area contributed by atoms with Crippen LogP contribution in [0.25, 0.3) is 0 Å². The van der Waals surface area contributed by atoms with Crippen LogP contribution in [0.3, 0.4) is 0 Å². The second-order valence-electron chi connectivity index (χ2n) is 3.78. The Balaban J connectivity index is 2.56. The zero-order valence-electron chi connectivity index (χ0n) is 9.61. The average molecular weight is 259 g/mol. The second-order valence-corrected chi connectivity index (χ2v) is 3.78. The highest BCUT2D eigenvalue weighted by Gasteiger charge is 2.26. The molecule has 0 aliphatic heterocycles. The van der Waals surface area contributed by atoms with Gasteiger partial charge in [-0.3, -0.25) is 14.9 Å². The Morgan fingerprint density at radius 3 is 2.26 bits per heavy atom. The van der Waals surface area contributed by atoms with E-state index in [-0.39, 0.29) is 11.1 Å². The van der Waals surface area contributed by atoms with Crippen LogP contribution in [0.5, 0.6) is 11.5 Å². The van der Waals surface area contributed by atoms with Crippen LogP contribution in [0.15, 0.2) is 42.5 Å². The van der Waals surface area contributed by atoms with Gasteiger partial charge in [-0.2, -0.15) is 0 Å². The second kappa shape index (κ2) is 4.77. The van der Waals surface area contributed by atoms with Crippen molar-refractivity contribution >= 4 is 11.5 Å². The zero-order chi connectivity index (χ0) is 14.0. The summed E-state index contributed by atoms with van der Waals surface area (Å²) in [6.45, 7) is 0. The summed E-state index contributed by atoms with van der Waals surface area (Å²) in [6.07, 6.45) is 0. The normalized spacial score (nSPS) is 10.1. The third-order valence-corrected chi connectivity index (χ3v) is 2.59. The molecule has 0 atom stereocenters. The lowest BCUT2D eigenvalue weighted by Gasteiger charge is -2.05. The number of carbonyl (C=O) groups excluding carboxylic acids is 1. The lowest BCUT2D eigenvalue weighted by Crippen LogP contribution is -2.03. The van der Waals surface area contributed by atoms with E-state index in [1.807, 2.05) is 0 Å². The molecule has 0 radical (unpaired) electrons. The standard InChI is InChI=1S/C13H9NO5/c15-10-7-6-9(13(17)11(10)14(18)19)12(16)8-4-2-1-3-5-8/h1-7,15,17H. The highest BCUT2D eigenvalue weighted by Crippen LogP contribution is 2.38. The highest BCUT2D eigenvalue weighted by molar-refractivity contribution is 6.11. The minimum Gasteiger partial charge on any atom is -0.502 e. The molecule has 2 aromatic carbocycles. The summed E-state index contributed by atoms with van der Waals surface area (Å²) >= 11 is 0. The molecule has 96 valence electrons. The fourth-order valence-electron chi connectivity index (χ4n) is 1.68. The molecule has 0 unspecified atom stereocenters. The Bertz CT molecular complexity index is 652. The number of rotatable bonds is 3. The van der Waals surface area contributed by atoms with Crippen molar-refractivity contribution in [1.29, 1.82) is 0 Å². The summed E-state index contributed by atoms with van der Waals surface area (Å²) < 4.78 is 0. The summed E-state index contributed by atoms with van der Waals surface area (Å²) in [6, 6.07) is 10.2. The van der Waals surface area contributed by atoms with Crippen LogP contribution in [0.4, 0.5) is 5.69 Å². The van der Waals surface area contributed by atoms with E-state index in [0.29, 0.717) is 0 Å². The minimum absolute atomic E-state index is 0.226. The van der Waals surface area contributed by atoms with Gasteiger partial charge in [-0.15, -0.1) is 0 Å².